The zero-order chi connectivity index (χ0) is 16.9. The van der Waals surface area contributed by atoms with Crippen molar-refractivity contribution in [2.45, 2.75) is 6.10 Å². The lowest BCUT2D eigenvalue weighted by Crippen LogP contribution is -2.29. The molecule has 0 aliphatic carbocycles. The van der Waals surface area contributed by atoms with E-state index < -0.39 is 0 Å². The standard InChI is InChI=1S/C19H19NO4/c1-22-16-10-6-4-8-14(16)18(23-2)12-20-19(21)17-11-13-7-3-5-9-15(13)24-17/h3-11,18H,12H2,1-2H3,(H,20,21). The molecule has 0 fully saturated rings. The summed E-state index contributed by atoms with van der Waals surface area (Å²) in [5, 5.41) is 3.75. The number of furan rings is 1. The van der Waals surface area contributed by atoms with E-state index >= 15 is 0 Å². The third-order valence-corrected chi connectivity index (χ3v) is 3.87. The van der Waals surface area contributed by atoms with E-state index in [1.54, 1.807) is 20.3 Å². The molecule has 24 heavy (non-hydrogen) atoms. The van der Waals surface area contributed by atoms with Crippen LogP contribution in [0.25, 0.3) is 11.0 Å². The number of amides is 1. The highest BCUT2D eigenvalue weighted by Crippen LogP contribution is 2.26. The molecule has 0 bridgehead atoms. The van der Waals surface area contributed by atoms with Gasteiger partial charge in [-0.2, -0.15) is 0 Å². The van der Waals surface area contributed by atoms with Crippen LogP contribution in [0.5, 0.6) is 5.75 Å². The first-order valence-electron chi connectivity index (χ1n) is 7.65. The molecule has 5 nitrogen and oxygen atoms in total. The molecule has 1 amide bonds. The lowest BCUT2D eigenvalue weighted by atomic mass is 10.1. The Morgan fingerprint density at radius 1 is 1.12 bits per heavy atom. The molecule has 1 atom stereocenters. The molecule has 1 unspecified atom stereocenters. The fourth-order valence-electron chi connectivity index (χ4n) is 2.62. The quantitative estimate of drug-likeness (QED) is 0.753. The zero-order valence-electron chi connectivity index (χ0n) is 13.6. The lowest BCUT2D eigenvalue weighted by Gasteiger charge is -2.18. The summed E-state index contributed by atoms with van der Waals surface area (Å²) >= 11 is 0. The van der Waals surface area contributed by atoms with Crippen LogP contribution in [0.2, 0.25) is 0 Å². The topological polar surface area (TPSA) is 60.7 Å². The Labute approximate surface area is 140 Å². The van der Waals surface area contributed by atoms with Crippen molar-refractivity contribution in [3.8, 4) is 5.75 Å². The molecule has 3 rings (SSSR count). The van der Waals surface area contributed by atoms with Gasteiger partial charge in [-0.25, -0.2) is 0 Å². The molecule has 0 saturated carbocycles. The van der Waals surface area contributed by atoms with Crippen LogP contribution in [0.15, 0.2) is 59.0 Å². The van der Waals surface area contributed by atoms with Crippen LogP contribution in [-0.4, -0.2) is 26.7 Å². The minimum atomic E-state index is -0.311. The van der Waals surface area contributed by atoms with Crippen LogP contribution in [0.1, 0.15) is 22.2 Å². The van der Waals surface area contributed by atoms with E-state index in [0.717, 1.165) is 16.7 Å². The van der Waals surface area contributed by atoms with Gasteiger partial charge in [0.25, 0.3) is 5.91 Å². The highest BCUT2D eigenvalue weighted by Gasteiger charge is 2.18. The Kier molecular flexibility index (Phi) is 4.82. The number of nitrogens with one attached hydrogen (secondary N) is 1. The summed E-state index contributed by atoms with van der Waals surface area (Å²) < 4.78 is 16.4. The number of carbonyl (C=O) groups excluding carboxylic acids is 1. The SMILES string of the molecule is COc1ccccc1C(CNC(=O)c1cc2ccccc2o1)OC. The van der Waals surface area contributed by atoms with Crippen LogP contribution in [0.4, 0.5) is 0 Å². The van der Waals surface area contributed by atoms with Crippen molar-refractivity contribution in [3.63, 3.8) is 0 Å². The molecule has 1 aromatic heterocycles. The van der Waals surface area contributed by atoms with Gasteiger partial charge in [0.15, 0.2) is 5.76 Å². The Bertz CT molecular complexity index is 807. The summed E-state index contributed by atoms with van der Waals surface area (Å²) in [5.74, 6) is 0.733. The fourth-order valence-corrected chi connectivity index (χ4v) is 2.62. The van der Waals surface area contributed by atoms with Gasteiger partial charge in [0.2, 0.25) is 0 Å². The predicted molar refractivity (Wildman–Crippen MR) is 91.3 cm³/mol. The summed E-state index contributed by atoms with van der Waals surface area (Å²) in [4.78, 5) is 12.3. The third kappa shape index (κ3) is 3.26. The normalized spacial score (nSPS) is 12.1. The second-order valence-corrected chi connectivity index (χ2v) is 5.32. The number of para-hydroxylation sites is 2. The average molecular weight is 325 g/mol. The number of rotatable bonds is 6. The number of hydrogen-bond donors (Lipinski definition) is 1. The molecular weight excluding hydrogens is 306 g/mol. The monoisotopic (exact) mass is 325 g/mol. The van der Waals surface area contributed by atoms with Crippen molar-refractivity contribution in [2.24, 2.45) is 0 Å². The Morgan fingerprint density at radius 3 is 2.62 bits per heavy atom. The Morgan fingerprint density at radius 2 is 1.88 bits per heavy atom. The maximum absolute atomic E-state index is 12.3. The zero-order valence-corrected chi connectivity index (χ0v) is 13.6. The Balaban J connectivity index is 1.72. The molecule has 1 N–H and O–H groups in total. The molecule has 2 aromatic carbocycles. The van der Waals surface area contributed by atoms with Gasteiger partial charge in [0, 0.05) is 24.6 Å². The second-order valence-electron chi connectivity index (χ2n) is 5.32. The number of fused-ring (bicyclic) bond motifs is 1. The molecule has 124 valence electrons. The van der Waals surface area contributed by atoms with Crippen LogP contribution in [0, 0.1) is 0 Å². The number of hydrogen-bond acceptors (Lipinski definition) is 4. The highest BCUT2D eigenvalue weighted by atomic mass is 16.5. The minimum Gasteiger partial charge on any atom is -0.496 e. The molecule has 0 aliphatic heterocycles. The third-order valence-electron chi connectivity index (χ3n) is 3.87. The summed E-state index contributed by atoms with van der Waals surface area (Å²) in [6, 6.07) is 16.8. The van der Waals surface area contributed by atoms with Crippen molar-refractivity contribution >= 4 is 16.9 Å². The lowest BCUT2D eigenvalue weighted by molar-refractivity contribution is 0.0801. The van der Waals surface area contributed by atoms with Crippen LogP contribution in [0.3, 0.4) is 0 Å². The molecular formula is C19H19NO4. The van der Waals surface area contributed by atoms with Crippen molar-refractivity contribution in [1.29, 1.82) is 0 Å². The fraction of sp³-hybridized carbons (Fsp3) is 0.211. The first kappa shape index (κ1) is 16.1. The van der Waals surface area contributed by atoms with Gasteiger partial charge in [-0.05, 0) is 18.2 Å². The maximum atomic E-state index is 12.3. The van der Waals surface area contributed by atoms with E-state index in [1.165, 1.54) is 0 Å². The summed E-state index contributed by atoms with van der Waals surface area (Å²) in [6.07, 6.45) is -0.311. The summed E-state index contributed by atoms with van der Waals surface area (Å²) in [7, 11) is 3.21. The molecule has 3 aromatic rings. The van der Waals surface area contributed by atoms with Gasteiger partial charge in [-0.1, -0.05) is 36.4 Å². The smallest absolute Gasteiger partial charge is 0.287 e. The first-order chi connectivity index (χ1) is 11.7. The van der Waals surface area contributed by atoms with Gasteiger partial charge in [-0.15, -0.1) is 0 Å². The van der Waals surface area contributed by atoms with Crippen LogP contribution < -0.4 is 10.1 Å². The van der Waals surface area contributed by atoms with E-state index in [0.29, 0.717) is 12.1 Å². The maximum Gasteiger partial charge on any atom is 0.287 e. The van der Waals surface area contributed by atoms with Gasteiger partial charge in [0.1, 0.15) is 17.4 Å². The van der Waals surface area contributed by atoms with Gasteiger partial charge >= 0.3 is 0 Å². The first-order valence-corrected chi connectivity index (χ1v) is 7.65. The minimum absolute atomic E-state index is 0.275. The number of carbonyl (C=O) groups is 1. The number of methoxy groups -OCH3 is 2. The van der Waals surface area contributed by atoms with Crippen molar-refractivity contribution in [2.75, 3.05) is 20.8 Å². The second kappa shape index (κ2) is 7.19. The Hall–Kier alpha value is -2.79. The van der Waals surface area contributed by atoms with E-state index in [9.17, 15) is 4.79 Å². The molecule has 0 aliphatic rings. The van der Waals surface area contributed by atoms with Crippen molar-refractivity contribution in [1.82, 2.24) is 5.32 Å². The number of ether oxygens (including phenoxy) is 2. The molecule has 1 heterocycles. The van der Waals surface area contributed by atoms with Gasteiger partial charge in [-0.3, -0.25) is 4.79 Å². The van der Waals surface area contributed by atoms with Gasteiger partial charge < -0.3 is 19.2 Å². The molecule has 0 saturated heterocycles. The van der Waals surface area contributed by atoms with Crippen LogP contribution >= 0.6 is 0 Å². The van der Waals surface area contributed by atoms with E-state index in [2.05, 4.69) is 5.32 Å². The molecule has 0 radical (unpaired) electrons. The van der Waals surface area contributed by atoms with E-state index in [-0.39, 0.29) is 17.8 Å². The van der Waals surface area contributed by atoms with Crippen molar-refractivity contribution < 1.29 is 18.7 Å². The predicted octanol–water partition coefficient (Wildman–Crippen LogP) is 3.56. The summed E-state index contributed by atoms with van der Waals surface area (Å²) in [5.41, 5.74) is 1.57. The number of benzene rings is 2. The van der Waals surface area contributed by atoms with E-state index in [1.807, 2.05) is 48.5 Å². The highest BCUT2D eigenvalue weighted by molar-refractivity contribution is 5.96. The average Bonchev–Trinajstić information content (AvgIpc) is 3.06. The van der Waals surface area contributed by atoms with E-state index in [4.69, 9.17) is 13.9 Å². The van der Waals surface area contributed by atoms with Crippen LogP contribution in [-0.2, 0) is 4.74 Å². The molecule has 0 spiro atoms. The van der Waals surface area contributed by atoms with Gasteiger partial charge in [0.05, 0.1) is 7.11 Å². The van der Waals surface area contributed by atoms with Crippen molar-refractivity contribution in [3.05, 3.63) is 65.9 Å². The molecule has 5 heteroatoms. The largest absolute Gasteiger partial charge is 0.496 e. The summed E-state index contributed by atoms with van der Waals surface area (Å²) in [6.45, 7) is 0.312.